The van der Waals surface area contributed by atoms with Crippen LogP contribution in [0, 0.1) is 5.82 Å². The number of anilines is 2. The average molecular weight is 413 g/mol. The van der Waals surface area contributed by atoms with Crippen LogP contribution in [0.2, 0.25) is 0 Å². The van der Waals surface area contributed by atoms with E-state index >= 15 is 0 Å². The number of aromatic nitrogens is 4. The number of nitrogens with one attached hydrogen (secondary N) is 1. The Bertz CT molecular complexity index is 1150. The van der Waals surface area contributed by atoms with Crippen LogP contribution in [0.3, 0.4) is 0 Å². The number of alkyl halides is 1. The third-order valence-electron chi connectivity index (χ3n) is 5.79. The van der Waals surface area contributed by atoms with E-state index in [2.05, 4.69) is 20.4 Å². The van der Waals surface area contributed by atoms with E-state index < -0.39 is 18.0 Å². The Hall–Kier alpha value is -3.30. The smallest absolute Gasteiger partial charge is 0.259 e. The van der Waals surface area contributed by atoms with Gasteiger partial charge in [-0.05, 0) is 37.5 Å². The van der Waals surface area contributed by atoms with Crippen LogP contribution in [0.25, 0.3) is 5.65 Å². The van der Waals surface area contributed by atoms with Gasteiger partial charge < -0.3 is 16.0 Å². The third kappa shape index (κ3) is 3.03. The van der Waals surface area contributed by atoms with Crippen molar-refractivity contribution in [1.29, 1.82) is 0 Å². The Morgan fingerprint density at radius 3 is 3.03 bits per heavy atom. The van der Waals surface area contributed by atoms with E-state index in [-0.39, 0.29) is 36.3 Å². The second-order valence-corrected chi connectivity index (χ2v) is 7.92. The van der Waals surface area contributed by atoms with E-state index in [9.17, 15) is 13.6 Å². The zero-order chi connectivity index (χ0) is 21.0. The lowest BCUT2D eigenvalue weighted by molar-refractivity contribution is 0.0940. The maximum atomic E-state index is 14.5. The van der Waals surface area contributed by atoms with Crippen molar-refractivity contribution in [2.45, 2.75) is 44.4 Å². The number of halogens is 2. The molecule has 3 atom stereocenters. The molecule has 3 aromatic heterocycles. The molecule has 0 radical (unpaired) electrons. The summed E-state index contributed by atoms with van der Waals surface area (Å²) < 4.78 is 30.1. The number of pyridine rings is 1. The van der Waals surface area contributed by atoms with Crippen LogP contribution in [-0.4, -0.2) is 44.2 Å². The standard InChI is InChI=1S/C20H21F2N7O/c1-10-2-3-14-13(6-11(21)8-24-14)15-7-12(22)9-28(15)16-4-5-29-19(26-16)17(18(23)27-29)20(30)25-10/h4-6,8,10,12,15H,2-3,7,9H2,1H3,(H2,23,27)(H,25,30)/t10-,12?,15-/m1/s1. The lowest BCUT2D eigenvalue weighted by atomic mass is 9.98. The molecule has 1 amide bonds. The highest BCUT2D eigenvalue weighted by Crippen LogP contribution is 2.38. The van der Waals surface area contributed by atoms with Crippen LogP contribution < -0.4 is 16.0 Å². The molecule has 30 heavy (non-hydrogen) atoms. The predicted octanol–water partition coefficient (Wildman–Crippen LogP) is 2.20. The van der Waals surface area contributed by atoms with Gasteiger partial charge in [-0.1, -0.05) is 0 Å². The molecular formula is C20H21F2N7O. The van der Waals surface area contributed by atoms with Gasteiger partial charge in [0.2, 0.25) is 0 Å². The van der Waals surface area contributed by atoms with Crippen LogP contribution >= 0.6 is 0 Å². The quantitative estimate of drug-likeness (QED) is 0.586. The van der Waals surface area contributed by atoms with Crippen LogP contribution in [0.5, 0.6) is 0 Å². The van der Waals surface area contributed by atoms with Crippen molar-refractivity contribution in [3.8, 4) is 0 Å². The summed E-state index contributed by atoms with van der Waals surface area (Å²) >= 11 is 0. The van der Waals surface area contributed by atoms with Gasteiger partial charge in [-0.3, -0.25) is 9.78 Å². The summed E-state index contributed by atoms with van der Waals surface area (Å²) in [4.78, 5) is 23.6. The summed E-state index contributed by atoms with van der Waals surface area (Å²) in [6.45, 7) is 1.99. The van der Waals surface area contributed by atoms with Gasteiger partial charge in [0.05, 0.1) is 18.8 Å². The van der Waals surface area contributed by atoms with Crippen molar-refractivity contribution in [3.05, 3.63) is 47.2 Å². The van der Waals surface area contributed by atoms with Crippen LogP contribution in [0.1, 0.15) is 47.4 Å². The molecule has 1 unspecified atom stereocenters. The van der Waals surface area contributed by atoms with Gasteiger partial charge in [0.25, 0.3) is 5.91 Å². The van der Waals surface area contributed by atoms with E-state index in [1.54, 1.807) is 17.2 Å². The van der Waals surface area contributed by atoms with Crippen molar-refractivity contribution in [2.24, 2.45) is 0 Å². The molecular weight excluding hydrogens is 392 g/mol. The molecule has 0 saturated carbocycles. The molecule has 5 rings (SSSR count). The molecule has 2 bridgehead atoms. The van der Waals surface area contributed by atoms with Crippen LogP contribution in [-0.2, 0) is 6.42 Å². The minimum atomic E-state index is -1.09. The number of hydrogen-bond acceptors (Lipinski definition) is 6. The first-order chi connectivity index (χ1) is 14.4. The van der Waals surface area contributed by atoms with Gasteiger partial charge in [0.1, 0.15) is 23.4 Å². The first-order valence-electron chi connectivity index (χ1n) is 9.91. The van der Waals surface area contributed by atoms with Gasteiger partial charge in [0.15, 0.2) is 11.5 Å². The Morgan fingerprint density at radius 2 is 2.20 bits per heavy atom. The molecule has 1 saturated heterocycles. The fourth-order valence-corrected chi connectivity index (χ4v) is 4.35. The highest BCUT2D eigenvalue weighted by Gasteiger charge is 2.36. The number of aryl methyl sites for hydroxylation is 1. The van der Waals surface area contributed by atoms with Crippen molar-refractivity contribution < 1.29 is 13.6 Å². The number of amides is 1. The Balaban J connectivity index is 1.72. The zero-order valence-electron chi connectivity index (χ0n) is 16.3. The number of rotatable bonds is 0. The van der Waals surface area contributed by atoms with E-state index in [0.717, 1.165) is 0 Å². The molecule has 156 valence electrons. The summed E-state index contributed by atoms with van der Waals surface area (Å²) in [7, 11) is 0. The highest BCUT2D eigenvalue weighted by molar-refractivity contribution is 6.04. The third-order valence-corrected chi connectivity index (χ3v) is 5.79. The largest absolute Gasteiger partial charge is 0.381 e. The first-order valence-corrected chi connectivity index (χ1v) is 9.91. The summed E-state index contributed by atoms with van der Waals surface area (Å²) in [5.41, 5.74) is 7.84. The maximum Gasteiger partial charge on any atom is 0.259 e. The molecule has 0 aromatic carbocycles. The minimum absolute atomic E-state index is 0.0765. The Kier molecular flexibility index (Phi) is 4.30. The van der Waals surface area contributed by atoms with Gasteiger partial charge in [-0.15, -0.1) is 5.10 Å². The molecule has 3 N–H and O–H groups in total. The molecule has 5 heterocycles. The number of fused-ring (bicyclic) bond motifs is 5. The van der Waals surface area contributed by atoms with E-state index in [4.69, 9.17) is 5.73 Å². The summed E-state index contributed by atoms with van der Waals surface area (Å²) in [6.07, 6.45) is 3.04. The van der Waals surface area contributed by atoms with Crippen molar-refractivity contribution >= 4 is 23.2 Å². The molecule has 0 aliphatic carbocycles. The van der Waals surface area contributed by atoms with Crippen LogP contribution in [0.15, 0.2) is 24.5 Å². The Labute approximate surface area is 171 Å². The summed E-state index contributed by atoms with van der Waals surface area (Å²) in [5, 5.41) is 7.10. The van der Waals surface area contributed by atoms with Crippen molar-refractivity contribution in [1.82, 2.24) is 24.9 Å². The SMILES string of the molecule is C[C@@H]1CCc2ncc(F)cc2[C@H]2CC(F)CN2c2ccn3nc(N)c(c3n2)C(=O)N1. The molecule has 1 fully saturated rings. The second-order valence-electron chi connectivity index (χ2n) is 7.92. The topological polar surface area (TPSA) is 101 Å². The fourth-order valence-electron chi connectivity index (χ4n) is 4.35. The molecule has 0 spiro atoms. The molecule has 8 nitrogen and oxygen atoms in total. The molecule has 2 aliphatic rings. The van der Waals surface area contributed by atoms with Crippen molar-refractivity contribution in [2.75, 3.05) is 17.2 Å². The Morgan fingerprint density at radius 1 is 1.37 bits per heavy atom. The second kappa shape index (κ2) is 6.89. The monoisotopic (exact) mass is 413 g/mol. The van der Waals surface area contributed by atoms with Gasteiger partial charge in [-0.25, -0.2) is 18.3 Å². The summed E-state index contributed by atoms with van der Waals surface area (Å²) in [5.74, 6) is -0.278. The number of nitrogens with zero attached hydrogens (tertiary/aromatic N) is 5. The molecule has 3 aromatic rings. The number of nitrogen functional groups attached to an aromatic ring is 1. The molecule has 10 heteroatoms. The van der Waals surface area contributed by atoms with Gasteiger partial charge in [0, 0.05) is 24.4 Å². The fraction of sp³-hybridized carbons (Fsp3) is 0.400. The van der Waals surface area contributed by atoms with Gasteiger partial charge >= 0.3 is 0 Å². The number of nitrogens with two attached hydrogens (primary N) is 1. The summed E-state index contributed by atoms with van der Waals surface area (Å²) in [6, 6.07) is 2.53. The van der Waals surface area contributed by atoms with E-state index in [1.807, 2.05) is 6.92 Å². The normalized spacial score (nSPS) is 24.0. The lowest BCUT2D eigenvalue weighted by Gasteiger charge is -2.27. The van der Waals surface area contributed by atoms with E-state index in [1.165, 1.54) is 16.8 Å². The minimum Gasteiger partial charge on any atom is -0.381 e. The average Bonchev–Trinajstić information content (AvgIpc) is 3.24. The van der Waals surface area contributed by atoms with E-state index in [0.29, 0.717) is 35.6 Å². The van der Waals surface area contributed by atoms with Crippen LogP contribution in [0.4, 0.5) is 20.4 Å². The zero-order valence-corrected chi connectivity index (χ0v) is 16.3. The highest BCUT2D eigenvalue weighted by atomic mass is 19.1. The maximum absolute atomic E-state index is 14.5. The number of carbonyl (C=O) groups is 1. The number of carbonyl (C=O) groups excluding carboxylic acids is 1. The lowest BCUT2D eigenvalue weighted by Crippen LogP contribution is -2.33. The number of hydrogen-bond donors (Lipinski definition) is 2. The predicted molar refractivity (Wildman–Crippen MR) is 106 cm³/mol. The molecule has 2 aliphatic heterocycles. The van der Waals surface area contributed by atoms with Gasteiger partial charge in [-0.2, -0.15) is 0 Å². The van der Waals surface area contributed by atoms with Crippen molar-refractivity contribution in [3.63, 3.8) is 0 Å². The first kappa shape index (κ1) is 18.7.